The molecule has 2 aromatic carbocycles. The minimum atomic E-state index is -0.245. The molecule has 2 unspecified atom stereocenters. The SMILES string of the molecule is Cc1ccc(CC(CN)C(=O)NC2CCCc3c(O)cccc32)cc1. The van der Waals surface area contributed by atoms with Gasteiger partial charge in [-0.15, -0.1) is 0 Å². The zero-order chi connectivity index (χ0) is 17.8. The summed E-state index contributed by atoms with van der Waals surface area (Å²) in [5.41, 5.74) is 10.2. The molecule has 2 aromatic rings. The van der Waals surface area contributed by atoms with Crippen molar-refractivity contribution in [1.82, 2.24) is 5.32 Å². The molecule has 0 fully saturated rings. The summed E-state index contributed by atoms with van der Waals surface area (Å²) in [5, 5.41) is 13.2. The van der Waals surface area contributed by atoms with Crippen molar-refractivity contribution in [1.29, 1.82) is 0 Å². The van der Waals surface area contributed by atoms with Crippen molar-refractivity contribution in [2.45, 2.75) is 38.6 Å². The van der Waals surface area contributed by atoms with Crippen molar-refractivity contribution in [2.24, 2.45) is 11.7 Å². The molecule has 0 bridgehead atoms. The smallest absolute Gasteiger partial charge is 0.225 e. The lowest BCUT2D eigenvalue weighted by Gasteiger charge is -2.28. The van der Waals surface area contributed by atoms with Crippen LogP contribution in [0.25, 0.3) is 0 Å². The Morgan fingerprint density at radius 2 is 2.04 bits per heavy atom. The zero-order valence-electron chi connectivity index (χ0n) is 14.7. The van der Waals surface area contributed by atoms with Crippen molar-refractivity contribution in [3.8, 4) is 5.75 Å². The predicted molar refractivity (Wildman–Crippen MR) is 99.4 cm³/mol. The number of carbonyl (C=O) groups excluding carboxylic acids is 1. The zero-order valence-corrected chi connectivity index (χ0v) is 14.7. The Morgan fingerprint density at radius 1 is 1.28 bits per heavy atom. The summed E-state index contributed by atoms with van der Waals surface area (Å²) in [6.07, 6.45) is 3.35. The van der Waals surface area contributed by atoms with Crippen LogP contribution in [-0.4, -0.2) is 17.6 Å². The molecule has 0 aromatic heterocycles. The van der Waals surface area contributed by atoms with Gasteiger partial charge in [0.25, 0.3) is 0 Å². The third-order valence-electron chi connectivity index (χ3n) is 5.06. The van der Waals surface area contributed by atoms with E-state index in [9.17, 15) is 9.90 Å². The fraction of sp³-hybridized carbons (Fsp3) is 0.381. The highest BCUT2D eigenvalue weighted by Gasteiger charge is 2.26. The number of fused-ring (bicyclic) bond motifs is 1. The molecule has 0 saturated heterocycles. The maximum Gasteiger partial charge on any atom is 0.225 e. The molecule has 25 heavy (non-hydrogen) atoms. The third kappa shape index (κ3) is 4.02. The Hall–Kier alpha value is -2.33. The van der Waals surface area contributed by atoms with Gasteiger partial charge in [0.1, 0.15) is 5.75 Å². The highest BCUT2D eigenvalue weighted by molar-refractivity contribution is 5.79. The molecule has 0 spiro atoms. The topological polar surface area (TPSA) is 75.4 Å². The van der Waals surface area contributed by atoms with Crippen molar-refractivity contribution in [3.63, 3.8) is 0 Å². The van der Waals surface area contributed by atoms with E-state index >= 15 is 0 Å². The van der Waals surface area contributed by atoms with E-state index in [-0.39, 0.29) is 17.9 Å². The first kappa shape index (κ1) is 17.5. The van der Waals surface area contributed by atoms with Crippen LogP contribution < -0.4 is 11.1 Å². The van der Waals surface area contributed by atoms with Gasteiger partial charge in [0.05, 0.1) is 12.0 Å². The number of benzene rings is 2. The molecule has 0 aliphatic heterocycles. The Labute approximate surface area is 149 Å². The molecule has 4 heteroatoms. The summed E-state index contributed by atoms with van der Waals surface area (Å²) in [6, 6.07) is 13.7. The summed E-state index contributed by atoms with van der Waals surface area (Å²) < 4.78 is 0. The van der Waals surface area contributed by atoms with Gasteiger partial charge >= 0.3 is 0 Å². The van der Waals surface area contributed by atoms with E-state index in [0.29, 0.717) is 18.7 Å². The molecule has 2 atom stereocenters. The number of hydrogen-bond acceptors (Lipinski definition) is 3. The van der Waals surface area contributed by atoms with Crippen LogP contribution in [0.1, 0.15) is 41.1 Å². The first-order valence-electron chi connectivity index (χ1n) is 8.95. The van der Waals surface area contributed by atoms with E-state index in [4.69, 9.17) is 5.73 Å². The number of aryl methyl sites for hydroxylation is 1. The molecule has 4 nitrogen and oxygen atoms in total. The molecule has 1 aliphatic carbocycles. The second-order valence-electron chi connectivity index (χ2n) is 6.92. The lowest BCUT2D eigenvalue weighted by molar-refractivity contribution is -0.125. The van der Waals surface area contributed by atoms with Gasteiger partial charge in [0, 0.05) is 6.54 Å². The molecule has 1 amide bonds. The normalized spacial score (nSPS) is 17.6. The number of rotatable bonds is 5. The van der Waals surface area contributed by atoms with Crippen LogP contribution in [0.4, 0.5) is 0 Å². The summed E-state index contributed by atoms with van der Waals surface area (Å²) >= 11 is 0. The maximum absolute atomic E-state index is 12.8. The van der Waals surface area contributed by atoms with Gasteiger partial charge in [-0.1, -0.05) is 42.0 Å². The molecule has 3 rings (SSSR count). The molecule has 4 N–H and O–H groups in total. The van der Waals surface area contributed by atoms with Crippen molar-refractivity contribution in [2.75, 3.05) is 6.54 Å². The predicted octanol–water partition coefficient (Wildman–Crippen LogP) is 3.01. The first-order chi connectivity index (χ1) is 12.1. The number of nitrogens with two attached hydrogens (primary N) is 1. The van der Waals surface area contributed by atoms with E-state index in [0.717, 1.165) is 36.0 Å². The van der Waals surface area contributed by atoms with Crippen LogP contribution in [0.15, 0.2) is 42.5 Å². The van der Waals surface area contributed by atoms with E-state index in [1.165, 1.54) is 5.56 Å². The minimum absolute atomic E-state index is 0.00994. The molecule has 132 valence electrons. The van der Waals surface area contributed by atoms with E-state index in [2.05, 4.69) is 29.6 Å². The molecular formula is C21H26N2O2. The van der Waals surface area contributed by atoms with Crippen LogP contribution in [0, 0.1) is 12.8 Å². The number of hydrogen-bond donors (Lipinski definition) is 3. The number of nitrogens with one attached hydrogen (secondary N) is 1. The highest BCUT2D eigenvalue weighted by Crippen LogP contribution is 2.34. The quantitative estimate of drug-likeness (QED) is 0.784. The molecule has 0 radical (unpaired) electrons. The van der Waals surface area contributed by atoms with Crippen LogP contribution in [0.5, 0.6) is 5.75 Å². The monoisotopic (exact) mass is 338 g/mol. The first-order valence-corrected chi connectivity index (χ1v) is 8.95. The molecule has 0 saturated carbocycles. The Bertz CT molecular complexity index is 740. The van der Waals surface area contributed by atoms with Gasteiger partial charge in [-0.2, -0.15) is 0 Å². The van der Waals surface area contributed by atoms with Crippen LogP contribution in [0.2, 0.25) is 0 Å². The molecule has 1 aliphatic rings. The number of aromatic hydroxyl groups is 1. The summed E-state index contributed by atoms with van der Waals surface area (Å²) in [7, 11) is 0. The van der Waals surface area contributed by atoms with Gasteiger partial charge < -0.3 is 16.2 Å². The number of phenols is 1. The Balaban J connectivity index is 1.71. The molecule has 0 heterocycles. The summed E-state index contributed by atoms with van der Waals surface area (Å²) in [6.45, 7) is 2.37. The lowest BCUT2D eigenvalue weighted by atomic mass is 9.86. The van der Waals surface area contributed by atoms with Gasteiger partial charge in [0.15, 0.2) is 0 Å². The minimum Gasteiger partial charge on any atom is -0.508 e. The highest BCUT2D eigenvalue weighted by atomic mass is 16.3. The Morgan fingerprint density at radius 3 is 2.76 bits per heavy atom. The van der Waals surface area contributed by atoms with Gasteiger partial charge in [-0.3, -0.25) is 4.79 Å². The second kappa shape index (κ2) is 7.70. The average Bonchev–Trinajstić information content (AvgIpc) is 2.62. The Kier molecular flexibility index (Phi) is 5.39. The number of phenolic OH excluding ortho intramolecular Hbond substituents is 1. The fourth-order valence-corrected chi connectivity index (χ4v) is 3.56. The average molecular weight is 338 g/mol. The van der Waals surface area contributed by atoms with Gasteiger partial charge in [-0.05, 0) is 55.4 Å². The lowest BCUT2D eigenvalue weighted by Crippen LogP contribution is -2.39. The fourth-order valence-electron chi connectivity index (χ4n) is 3.56. The van der Waals surface area contributed by atoms with Crippen molar-refractivity contribution >= 4 is 5.91 Å². The molecular weight excluding hydrogens is 312 g/mol. The van der Waals surface area contributed by atoms with Crippen molar-refractivity contribution in [3.05, 3.63) is 64.7 Å². The van der Waals surface area contributed by atoms with Gasteiger partial charge in [0.2, 0.25) is 5.91 Å². The van der Waals surface area contributed by atoms with Crippen molar-refractivity contribution < 1.29 is 9.90 Å². The third-order valence-corrected chi connectivity index (χ3v) is 5.06. The maximum atomic E-state index is 12.8. The largest absolute Gasteiger partial charge is 0.508 e. The summed E-state index contributed by atoms with van der Waals surface area (Å²) in [4.78, 5) is 12.8. The van der Waals surface area contributed by atoms with E-state index in [1.807, 2.05) is 19.1 Å². The van der Waals surface area contributed by atoms with Gasteiger partial charge in [-0.25, -0.2) is 0 Å². The number of carbonyl (C=O) groups is 1. The summed E-state index contributed by atoms with van der Waals surface area (Å²) in [5.74, 6) is 0.0705. The second-order valence-corrected chi connectivity index (χ2v) is 6.92. The number of amides is 1. The van der Waals surface area contributed by atoms with Crippen LogP contribution >= 0.6 is 0 Å². The standard InChI is InChI=1S/C21H26N2O2/c1-14-8-10-15(11-9-14)12-16(13-22)21(25)23-19-6-2-5-18-17(19)4-3-7-20(18)24/h3-4,7-11,16,19,24H,2,5-6,12-13,22H2,1H3,(H,23,25). The van der Waals surface area contributed by atoms with Crippen LogP contribution in [-0.2, 0) is 17.6 Å². The van der Waals surface area contributed by atoms with E-state index in [1.54, 1.807) is 6.07 Å². The van der Waals surface area contributed by atoms with E-state index < -0.39 is 0 Å². The van der Waals surface area contributed by atoms with Crippen LogP contribution in [0.3, 0.4) is 0 Å².